The molecule has 0 fully saturated rings. The summed E-state index contributed by atoms with van der Waals surface area (Å²) in [6.45, 7) is 10.9. The van der Waals surface area contributed by atoms with Gasteiger partial charge in [-0.25, -0.2) is 9.97 Å². The van der Waals surface area contributed by atoms with Crippen LogP contribution in [0.3, 0.4) is 0 Å². The highest BCUT2D eigenvalue weighted by molar-refractivity contribution is 6.70. The number of ether oxygens (including phenoxy) is 1. The Kier molecular flexibility index (Phi) is 13.6. The summed E-state index contributed by atoms with van der Waals surface area (Å²) in [5.41, 5.74) is 27.4. The fourth-order valence-electron chi connectivity index (χ4n) is 9.65. The molecule has 2 N–H and O–H groups in total. The van der Waals surface area contributed by atoms with E-state index in [1.54, 1.807) is 0 Å². The number of benzene rings is 6. The Labute approximate surface area is 413 Å². The van der Waals surface area contributed by atoms with Gasteiger partial charge in [-0.2, -0.15) is 0 Å². The second-order valence-corrected chi connectivity index (χ2v) is 19.7. The quantitative estimate of drug-likeness (QED) is 0.136. The van der Waals surface area contributed by atoms with Crippen molar-refractivity contribution in [1.82, 2.24) is 9.97 Å². The molecule has 0 unspecified atom stereocenters. The standard InChI is InChI=1S/C52H57B10N5O/c1-26-12-6-9-19-35(26)67(37-22-28(20-21-63-37)52(3,4)5)36-24-38(64-25-27(36)2)68-30-14-10-13-29(23-30)65-33-17-7-8-18-34(33)66-51-31(39-41(53)45(57)49(61)46(58)42(39)54)15-11-16-32(51)40-43(55)47(59)50(62)48(60)44(40)56/h6-25,65-66H,53-62H2,1-5H3. The van der Waals surface area contributed by atoms with Crippen molar-refractivity contribution in [2.75, 3.05) is 15.5 Å². The minimum Gasteiger partial charge on any atom is -0.439 e. The third kappa shape index (κ3) is 9.22. The van der Waals surface area contributed by atoms with Gasteiger partial charge in [0.2, 0.25) is 5.88 Å². The van der Waals surface area contributed by atoms with Crippen molar-refractivity contribution in [3.63, 3.8) is 0 Å². The first kappa shape index (κ1) is 47.9. The Morgan fingerprint density at radius 3 is 1.60 bits per heavy atom. The maximum Gasteiger partial charge on any atom is 0.221 e. The van der Waals surface area contributed by atoms with Gasteiger partial charge in [-0.3, -0.25) is 4.90 Å². The summed E-state index contributed by atoms with van der Waals surface area (Å²) >= 11 is 0. The van der Waals surface area contributed by atoms with Gasteiger partial charge in [-0.05, 0) is 89.5 Å². The van der Waals surface area contributed by atoms with E-state index < -0.39 is 0 Å². The molecule has 68 heavy (non-hydrogen) atoms. The molecule has 0 aliphatic heterocycles. The van der Waals surface area contributed by atoms with Crippen LogP contribution >= 0.6 is 0 Å². The van der Waals surface area contributed by atoms with E-state index in [1.807, 2.05) is 36.7 Å². The summed E-state index contributed by atoms with van der Waals surface area (Å²) in [4.78, 5) is 11.9. The van der Waals surface area contributed by atoms with Crippen molar-refractivity contribution < 1.29 is 4.74 Å². The molecule has 326 valence electrons. The summed E-state index contributed by atoms with van der Waals surface area (Å²) in [6, 6.07) is 38.1. The smallest absolute Gasteiger partial charge is 0.221 e. The highest BCUT2D eigenvalue weighted by Gasteiger charge is 2.24. The van der Waals surface area contributed by atoms with Crippen molar-refractivity contribution in [1.29, 1.82) is 0 Å². The van der Waals surface area contributed by atoms with E-state index in [2.05, 4.69) is 214 Å². The molecule has 6 nitrogen and oxygen atoms in total. The molecular weight excluding hydrogens is 819 g/mol. The molecule has 8 aromatic rings. The average molecular weight is 876 g/mol. The number of rotatable bonds is 11. The number of aromatic nitrogens is 2. The van der Waals surface area contributed by atoms with Crippen LogP contribution in [-0.4, -0.2) is 88.4 Å². The topological polar surface area (TPSA) is 62.3 Å². The number of aryl methyl sites for hydroxylation is 2. The minimum absolute atomic E-state index is 0.0458. The molecule has 0 amide bonds. The van der Waals surface area contributed by atoms with Gasteiger partial charge in [0.15, 0.2) is 0 Å². The van der Waals surface area contributed by atoms with E-state index in [9.17, 15) is 0 Å². The van der Waals surface area contributed by atoms with E-state index >= 15 is 0 Å². The van der Waals surface area contributed by atoms with E-state index in [4.69, 9.17) is 14.7 Å². The van der Waals surface area contributed by atoms with Crippen LogP contribution in [0.1, 0.15) is 37.5 Å². The summed E-state index contributed by atoms with van der Waals surface area (Å²) in [7, 11) is 22.6. The number of nitrogens with zero attached hydrogens (tertiary/aromatic N) is 3. The Balaban J connectivity index is 1.17. The van der Waals surface area contributed by atoms with Crippen LogP contribution in [-0.2, 0) is 5.41 Å². The van der Waals surface area contributed by atoms with Crippen LogP contribution in [0.15, 0.2) is 122 Å². The van der Waals surface area contributed by atoms with Crippen LogP contribution in [0.2, 0.25) is 0 Å². The van der Waals surface area contributed by atoms with Crippen molar-refractivity contribution in [3.05, 3.63) is 138 Å². The monoisotopic (exact) mass is 878 g/mol. The van der Waals surface area contributed by atoms with Crippen LogP contribution in [0.4, 0.5) is 39.9 Å². The molecular formula is C52H57B10N5O. The Morgan fingerprint density at radius 2 is 1.03 bits per heavy atom. The molecule has 2 aromatic heterocycles. The lowest BCUT2D eigenvalue weighted by Gasteiger charge is -2.29. The van der Waals surface area contributed by atoms with Crippen molar-refractivity contribution >= 4 is 173 Å². The van der Waals surface area contributed by atoms with Crippen molar-refractivity contribution in [2.24, 2.45) is 0 Å². The van der Waals surface area contributed by atoms with Crippen molar-refractivity contribution in [3.8, 4) is 33.9 Å². The van der Waals surface area contributed by atoms with E-state index in [-0.39, 0.29) is 5.41 Å². The van der Waals surface area contributed by atoms with Gasteiger partial charge < -0.3 is 15.4 Å². The van der Waals surface area contributed by atoms with Gasteiger partial charge in [0.1, 0.15) is 90.0 Å². The molecule has 0 saturated heterocycles. The van der Waals surface area contributed by atoms with Crippen LogP contribution in [0, 0.1) is 13.8 Å². The third-order valence-corrected chi connectivity index (χ3v) is 14.6. The fraction of sp³-hybridized carbons (Fsp3) is 0.115. The lowest BCUT2D eigenvalue weighted by molar-refractivity contribution is 0.463. The second-order valence-electron chi connectivity index (χ2n) is 19.7. The van der Waals surface area contributed by atoms with Crippen LogP contribution < -0.4 is 74.9 Å². The van der Waals surface area contributed by atoms with Gasteiger partial charge in [0, 0.05) is 41.3 Å². The first-order chi connectivity index (χ1) is 32.3. The Hall–Kier alpha value is -6.53. The summed E-state index contributed by atoms with van der Waals surface area (Å²) < 4.78 is 6.62. The van der Waals surface area contributed by atoms with Gasteiger partial charge in [-0.1, -0.05) is 97.2 Å². The highest BCUT2D eigenvalue weighted by atomic mass is 16.5. The van der Waals surface area contributed by atoms with Crippen LogP contribution in [0.5, 0.6) is 11.6 Å². The summed E-state index contributed by atoms with van der Waals surface area (Å²) in [5.74, 6) is 1.99. The summed E-state index contributed by atoms with van der Waals surface area (Å²) in [5, 5.41) is 7.81. The highest BCUT2D eigenvalue weighted by Crippen LogP contribution is 2.42. The van der Waals surface area contributed by atoms with E-state index in [0.29, 0.717) is 11.6 Å². The number of hydrogen-bond donors (Lipinski definition) is 2. The molecule has 0 atom stereocenters. The Morgan fingerprint density at radius 1 is 0.500 bits per heavy atom. The zero-order chi connectivity index (χ0) is 48.8. The van der Waals surface area contributed by atoms with Gasteiger partial charge in [0.25, 0.3) is 0 Å². The molecule has 2 heterocycles. The lowest BCUT2D eigenvalue weighted by Crippen LogP contribution is -2.55. The molecule has 0 aliphatic rings. The minimum atomic E-state index is -0.0458. The first-order valence-corrected chi connectivity index (χ1v) is 23.8. The summed E-state index contributed by atoms with van der Waals surface area (Å²) in [6.07, 6.45) is 3.78. The van der Waals surface area contributed by atoms with Gasteiger partial charge in [0.05, 0.1) is 28.4 Å². The maximum atomic E-state index is 6.62. The molecule has 0 aliphatic carbocycles. The molecule has 16 heteroatoms. The lowest BCUT2D eigenvalue weighted by atomic mass is 9.58. The van der Waals surface area contributed by atoms with Gasteiger partial charge >= 0.3 is 0 Å². The number of para-hydroxylation sites is 4. The second kappa shape index (κ2) is 19.2. The third-order valence-electron chi connectivity index (χ3n) is 14.6. The normalized spacial score (nSPS) is 11.3. The molecule has 0 radical (unpaired) electrons. The van der Waals surface area contributed by atoms with Gasteiger partial charge in [-0.15, -0.1) is 32.8 Å². The molecule has 8 rings (SSSR count). The molecule has 0 spiro atoms. The molecule has 0 bridgehead atoms. The maximum absolute atomic E-state index is 6.62. The predicted molar refractivity (Wildman–Crippen MR) is 324 cm³/mol. The SMILES string of the molecule is Bc1c(B)c(B)c(-c2cccc(-c3c(B)c(B)c(B)c(B)c3B)c2Nc2ccccc2Nc2cccc(Oc3cc(N(c4cc(C(C)(C)C)ccn4)c4ccccc4C)c(C)cn3)c2)c(B)c1B. The number of anilines is 7. The van der Waals surface area contributed by atoms with Crippen LogP contribution in [0.25, 0.3) is 22.3 Å². The van der Waals surface area contributed by atoms with E-state index in [1.165, 1.54) is 82.4 Å². The van der Waals surface area contributed by atoms with E-state index in [0.717, 1.165) is 51.1 Å². The zero-order valence-electron chi connectivity index (χ0n) is 42.8. The first-order valence-electron chi connectivity index (χ1n) is 23.8. The number of pyridine rings is 2. The average Bonchev–Trinajstić information content (AvgIpc) is 3.32. The fourth-order valence-corrected chi connectivity index (χ4v) is 9.65. The molecule has 0 saturated carbocycles. The van der Waals surface area contributed by atoms with Crippen molar-refractivity contribution in [2.45, 2.75) is 40.0 Å². The Bertz CT molecular complexity index is 3120. The number of hydrogen-bond acceptors (Lipinski definition) is 6. The molecule has 6 aromatic carbocycles. The number of nitrogens with one attached hydrogen (secondary N) is 2. The predicted octanol–water partition coefficient (Wildman–Crippen LogP) is -2.94. The largest absolute Gasteiger partial charge is 0.439 e. The zero-order valence-corrected chi connectivity index (χ0v) is 42.8.